The molecule has 0 aliphatic rings. The molecule has 4 aromatic rings. The number of benzene rings is 2. The number of rotatable bonds is 5. The molecule has 2 heterocycles. The monoisotopic (exact) mass is 435 g/mol. The highest BCUT2D eigenvalue weighted by atomic mass is 32.2. The highest BCUT2D eigenvalue weighted by molar-refractivity contribution is 7.92. The van der Waals surface area contributed by atoms with Crippen LogP contribution in [-0.2, 0) is 10.0 Å². The molecular formula is C22H21N5O3S. The minimum atomic E-state index is -3.69. The number of hydrogen-bond donors (Lipinski definition) is 2. The van der Waals surface area contributed by atoms with Gasteiger partial charge in [-0.2, -0.15) is 5.10 Å². The van der Waals surface area contributed by atoms with Gasteiger partial charge in [-0.05, 0) is 56.3 Å². The van der Waals surface area contributed by atoms with Gasteiger partial charge in [-0.3, -0.25) is 14.2 Å². The number of carbonyl (C=O) groups excluding carboxylic acids is 1. The van der Waals surface area contributed by atoms with Crippen molar-refractivity contribution in [1.82, 2.24) is 15.2 Å². The van der Waals surface area contributed by atoms with E-state index >= 15 is 0 Å². The molecule has 0 saturated heterocycles. The van der Waals surface area contributed by atoms with Crippen molar-refractivity contribution in [3.63, 3.8) is 0 Å². The number of aryl methyl sites for hydroxylation is 2. The lowest BCUT2D eigenvalue weighted by Crippen LogP contribution is -2.26. The van der Waals surface area contributed by atoms with Crippen LogP contribution in [0.1, 0.15) is 21.6 Å². The number of nitrogens with one attached hydrogen (secondary N) is 2. The third-order valence-corrected chi connectivity index (χ3v) is 6.83. The van der Waals surface area contributed by atoms with Gasteiger partial charge in [-0.25, -0.2) is 13.4 Å². The summed E-state index contributed by atoms with van der Waals surface area (Å²) in [6.07, 6.45) is 1.54. The molecule has 1 amide bonds. The van der Waals surface area contributed by atoms with E-state index in [1.165, 1.54) is 17.5 Å². The third kappa shape index (κ3) is 3.99. The van der Waals surface area contributed by atoms with Gasteiger partial charge in [0.05, 0.1) is 22.5 Å². The first-order valence-corrected chi connectivity index (χ1v) is 11.0. The fraction of sp³-hybridized carbons (Fsp3) is 0.136. The topological polar surface area (TPSA) is 108 Å². The van der Waals surface area contributed by atoms with E-state index in [9.17, 15) is 13.2 Å². The average molecular weight is 436 g/mol. The van der Waals surface area contributed by atoms with E-state index in [1.807, 2.05) is 13.8 Å². The van der Waals surface area contributed by atoms with E-state index in [0.29, 0.717) is 22.6 Å². The number of amides is 1. The standard InChI is InChI=1S/C22H21N5O3S/c1-14-4-10-19(11-5-14)31(29,30)27(3)18-8-6-16(7-9-18)22(28)24-17-12-20-15(2)25-26-21(20)23-13-17/h4-13H,1-3H3,(H,24,28)(H,23,25,26). The second-order valence-corrected chi connectivity index (χ2v) is 9.20. The SMILES string of the molecule is Cc1ccc(S(=O)(=O)N(C)c2ccc(C(=O)Nc3cnc4n[nH]c(C)c4c3)cc2)cc1. The summed E-state index contributed by atoms with van der Waals surface area (Å²) in [5.74, 6) is -0.321. The van der Waals surface area contributed by atoms with Gasteiger partial charge in [0.15, 0.2) is 5.65 Å². The van der Waals surface area contributed by atoms with Gasteiger partial charge in [0.2, 0.25) is 0 Å². The highest BCUT2D eigenvalue weighted by Gasteiger charge is 2.21. The Kier molecular flexibility index (Phi) is 5.20. The van der Waals surface area contributed by atoms with Crippen LogP contribution in [0.2, 0.25) is 0 Å². The van der Waals surface area contributed by atoms with Gasteiger partial charge in [0, 0.05) is 23.7 Å². The number of anilines is 2. The Hall–Kier alpha value is -3.72. The van der Waals surface area contributed by atoms with Crippen LogP contribution in [0.4, 0.5) is 11.4 Å². The van der Waals surface area contributed by atoms with Crippen molar-refractivity contribution < 1.29 is 13.2 Å². The number of hydrogen-bond acceptors (Lipinski definition) is 5. The Morgan fingerprint density at radius 1 is 1.03 bits per heavy atom. The summed E-state index contributed by atoms with van der Waals surface area (Å²) in [6.45, 7) is 3.77. The summed E-state index contributed by atoms with van der Waals surface area (Å²) in [7, 11) is -2.21. The Labute approximate surface area is 180 Å². The van der Waals surface area contributed by atoms with Crippen molar-refractivity contribution in [1.29, 1.82) is 0 Å². The van der Waals surface area contributed by atoms with E-state index in [-0.39, 0.29) is 10.8 Å². The van der Waals surface area contributed by atoms with Crippen LogP contribution in [0, 0.1) is 13.8 Å². The minimum Gasteiger partial charge on any atom is -0.321 e. The molecule has 0 spiro atoms. The molecule has 0 radical (unpaired) electrons. The summed E-state index contributed by atoms with van der Waals surface area (Å²) >= 11 is 0. The van der Waals surface area contributed by atoms with Crippen molar-refractivity contribution >= 4 is 38.3 Å². The second-order valence-electron chi connectivity index (χ2n) is 7.23. The van der Waals surface area contributed by atoms with Crippen molar-refractivity contribution in [2.75, 3.05) is 16.7 Å². The molecule has 2 aromatic heterocycles. The molecule has 158 valence electrons. The van der Waals surface area contributed by atoms with Crippen LogP contribution in [-0.4, -0.2) is 36.6 Å². The number of H-pyrrole nitrogens is 1. The van der Waals surface area contributed by atoms with E-state index in [2.05, 4.69) is 20.5 Å². The quantitative estimate of drug-likeness (QED) is 0.497. The van der Waals surface area contributed by atoms with Crippen LogP contribution in [0.15, 0.2) is 65.7 Å². The van der Waals surface area contributed by atoms with E-state index in [4.69, 9.17) is 0 Å². The number of sulfonamides is 1. The van der Waals surface area contributed by atoms with Gasteiger partial charge in [0.25, 0.3) is 15.9 Å². The number of aromatic nitrogens is 3. The normalized spacial score (nSPS) is 11.5. The molecule has 0 atom stereocenters. The molecule has 0 aliphatic heterocycles. The fourth-order valence-corrected chi connectivity index (χ4v) is 4.32. The predicted octanol–water partition coefficient (Wildman–Crippen LogP) is 3.65. The van der Waals surface area contributed by atoms with Gasteiger partial charge in [-0.1, -0.05) is 17.7 Å². The zero-order valence-corrected chi connectivity index (χ0v) is 18.1. The molecule has 2 aromatic carbocycles. The Balaban J connectivity index is 1.52. The van der Waals surface area contributed by atoms with Crippen LogP contribution < -0.4 is 9.62 Å². The lowest BCUT2D eigenvalue weighted by atomic mass is 10.2. The molecule has 0 unspecified atom stereocenters. The Morgan fingerprint density at radius 2 is 1.71 bits per heavy atom. The van der Waals surface area contributed by atoms with Crippen molar-refractivity contribution in [2.24, 2.45) is 0 Å². The number of aromatic amines is 1. The van der Waals surface area contributed by atoms with E-state index < -0.39 is 10.0 Å². The summed E-state index contributed by atoms with van der Waals surface area (Å²) in [4.78, 5) is 17.0. The largest absolute Gasteiger partial charge is 0.321 e. The molecule has 9 heteroatoms. The van der Waals surface area contributed by atoms with Crippen molar-refractivity contribution in [2.45, 2.75) is 18.7 Å². The van der Waals surface area contributed by atoms with Gasteiger partial charge < -0.3 is 5.32 Å². The number of fused-ring (bicyclic) bond motifs is 1. The van der Waals surface area contributed by atoms with Crippen LogP contribution >= 0.6 is 0 Å². The number of carbonyl (C=O) groups is 1. The van der Waals surface area contributed by atoms with Gasteiger partial charge in [0.1, 0.15) is 0 Å². The first-order chi connectivity index (χ1) is 14.8. The summed E-state index contributed by atoms with van der Waals surface area (Å²) < 4.78 is 26.9. The smallest absolute Gasteiger partial charge is 0.264 e. The average Bonchev–Trinajstić information content (AvgIpc) is 3.14. The van der Waals surface area contributed by atoms with E-state index in [0.717, 1.165) is 16.6 Å². The zero-order valence-electron chi connectivity index (χ0n) is 17.2. The molecule has 2 N–H and O–H groups in total. The fourth-order valence-electron chi connectivity index (χ4n) is 3.12. The number of nitrogens with zero attached hydrogens (tertiary/aromatic N) is 3. The summed E-state index contributed by atoms with van der Waals surface area (Å²) in [5, 5.41) is 10.6. The number of pyridine rings is 1. The lowest BCUT2D eigenvalue weighted by Gasteiger charge is -2.20. The molecule has 4 rings (SSSR count). The molecule has 0 bridgehead atoms. The van der Waals surface area contributed by atoms with E-state index in [1.54, 1.807) is 54.6 Å². The molecule has 0 saturated carbocycles. The molecule has 31 heavy (non-hydrogen) atoms. The maximum Gasteiger partial charge on any atom is 0.264 e. The summed E-state index contributed by atoms with van der Waals surface area (Å²) in [6, 6.07) is 14.8. The van der Waals surface area contributed by atoms with Gasteiger partial charge >= 0.3 is 0 Å². The van der Waals surface area contributed by atoms with Crippen LogP contribution in [0.3, 0.4) is 0 Å². The highest BCUT2D eigenvalue weighted by Crippen LogP contribution is 2.23. The van der Waals surface area contributed by atoms with Gasteiger partial charge in [-0.15, -0.1) is 0 Å². The minimum absolute atomic E-state index is 0.208. The van der Waals surface area contributed by atoms with Crippen molar-refractivity contribution in [3.8, 4) is 0 Å². The maximum absolute atomic E-state index is 12.8. The second kappa shape index (κ2) is 7.84. The lowest BCUT2D eigenvalue weighted by molar-refractivity contribution is 0.102. The molecule has 8 nitrogen and oxygen atoms in total. The molecular weight excluding hydrogens is 414 g/mol. The Morgan fingerprint density at radius 3 is 2.39 bits per heavy atom. The zero-order chi connectivity index (χ0) is 22.2. The maximum atomic E-state index is 12.8. The predicted molar refractivity (Wildman–Crippen MR) is 120 cm³/mol. The molecule has 0 fully saturated rings. The first-order valence-electron chi connectivity index (χ1n) is 9.53. The summed E-state index contributed by atoms with van der Waals surface area (Å²) in [5.41, 5.74) is 3.82. The van der Waals surface area contributed by atoms with Crippen LogP contribution in [0.5, 0.6) is 0 Å². The van der Waals surface area contributed by atoms with Crippen molar-refractivity contribution in [3.05, 3.63) is 77.6 Å². The van der Waals surface area contributed by atoms with Crippen LogP contribution in [0.25, 0.3) is 11.0 Å². The Bertz CT molecular complexity index is 1360. The third-order valence-electron chi connectivity index (χ3n) is 5.03. The first kappa shape index (κ1) is 20.5. The molecule has 0 aliphatic carbocycles.